The van der Waals surface area contributed by atoms with Gasteiger partial charge in [0.25, 0.3) is 11.5 Å². The number of halogens is 2. The van der Waals surface area contributed by atoms with E-state index in [1.54, 1.807) is 29.9 Å². The summed E-state index contributed by atoms with van der Waals surface area (Å²) in [6.45, 7) is 4.50. The molecule has 8 nitrogen and oxygen atoms in total. The van der Waals surface area contributed by atoms with Crippen LogP contribution in [-0.2, 0) is 28.0 Å². The predicted octanol–water partition coefficient (Wildman–Crippen LogP) is 5.98. The van der Waals surface area contributed by atoms with Gasteiger partial charge in [0.2, 0.25) is 0 Å². The smallest absolute Gasteiger partial charge is 0.276 e. The van der Waals surface area contributed by atoms with Crippen molar-refractivity contribution in [2.24, 2.45) is 5.92 Å². The van der Waals surface area contributed by atoms with Gasteiger partial charge in [-0.2, -0.15) is 0 Å². The Bertz CT molecular complexity index is 1570. The lowest BCUT2D eigenvalue weighted by Gasteiger charge is -2.37. The monoisotopic (exact) mass is 641 g/mol. The first-order chi connectivity index (χ1) is 21.7. The molecule has 6 heterocycles. The van der Waals surface area contributed by atoms with Crippen LogP contribution in [0.5, 0.6) is 0 Å². The highest BCUT2D eigenvalue weighted by atomic mass is 32.2. The van der Waals surface area contributed by atoms with Crippen molar-refractivity contribution < 1.29 is 17.7 Å². The first-order valence-corrected chi connectivity index (χ1v) is 18.0. The van der Waals surface area contributed by atoms with Gasteiger partial charge >= 0.3 is 0 Å². The van der Waals surface area contributed by atoms with E-state index in [1.807, 2.05) is 19.1 Å². The quantitative estimate of drug-likeness (QED) is 0.368. The number of aromatic nitrogens is 3. The Morgan fingerprint density at radius 2 is 1.78 bits per heavy atom. The third-order valence-electron chi connectivity index (χ3n) is 10.2. The summed E-state index contributed by atoms with van der Waals surface area (Å²) in [6.07, 6.45) is 7.39. The molecule has 4 aliphatic heterocycles. The standard InChI is InChI=1S/C34H45F2N5O3S/c1-23-25-7-6-8-27(19-25)34(35,36)26-10-15-40(16-11-26)21-28(44-2)9-4-3-5-14-41-32-30(31(39-23)37-22-38-32)20-29(33(41)42)24-12-17-45(43)18-13-24/h6-8,19-20,22-24,26,28H,3-5,9-18,21H2,1-2H3,(H,37,38,39)/t23-,24?,28?,45?/m1/s1. The topological polar surface area (TPSA) is 89.3 Å². The summed E-state index contributed by atoms with van der Waals surface area (Å²) in [4.78, 5) is 25.4. The Hall–Kier alpha value is -2.76. The van der Waals surface area contributed by atoms with Crippen molar-refractivity contribution in [3.63, 3.8) is 0 Å². The molecule has 0 spiro atoms. The number of hydrogen-bond donors (Lipinski definition) is 1. The SMILES string of the molecule is COC1CCCCCn2c(=O)c(C3CCS(=O)CC3)cc3c(ncnc32)N[C@H](C)c2cccc(c2)C(F)(F)C2CCN(CC2)C1. The third kappa shape index (κ3) is 7.00. The van der Waals surface area contributed by atoms with Crippen LogP contribution < -0.4 is 10.9 Å². The highest BCUT2D eigenvalue weighted by Crippen LogP contribution is 2.42. The van der Waals surface area contributed by atoms with E-state index in [4.69, 9.17) is 4.74 Å². The number of rotatable bonds is 2. The number of alkyl halides is 2. The van der Waals surface area contributed by atoms with Gasteiger partial charge in [0.05, 0.1) is 11.5 Å². The van der Waals surface area contributed by atoms with E-state index >= 15 is 8.78 Å². The van der Waals surface area contributed by atoms with Crippen LogP contribution in [0.4, 0.5) is 14.6 Å². The lowest BCUT2D eigenvalue weighted by atomic mass is 9.85. The second kappa shape index (κ2) is 13.9. The van der Waals surface area contributed by atoms with E-state index in [0.29, 0.717) is 73.9 Å². The Kier molecular flexibility index (Phi) is 9.96. The van der Waals surface area contributed by atoms with Gasteiger partial charge in [-0.1, -0.05) is 31.0 Å². The molecule has 0 aliphatic carbocycles. The highest BCUT2D eigenvalue weighted by molar-refractivity contribution is 7.85. The van der Waals surface area contributed by atoms with Crippen LogP contribution in [0.25, 0.3) is 11.0 Å². The van der Waals surface area contributed by atoms with Crippen LogP contribution >= 0.6 is 0 Å². The molecule has 0 radical (unpaired) electrons. The van der Waals surface area contributed by atoms with Crippen molar-refractivity contribution in [3.05, 3.63) is 63.7 Å². The second-order valence-electron chi connectivity index (χ2n) is 13.0. The number of nitrogens with zero attached hydrogens (tertiary/aromatic N) is 4. The molecule has 1 unspecified atom stereocenters. The maximum absolute atomic E-state index is 15.9. The number of fused-ring (bicyclic) bond motifs is 9. The number of aryl methyl sites for hydroxylation is 1. The van der Waals surface area contributed by atoms with Gasteiger partial charge < -0.3 is 15.0 Å². The fraction of sp³-hybridized carbons (Fsp3) is 0.618. The first-order valence-electron chi connectivity index (χ1n) is 16.5. The number of benzene rings is 1. The molecular weight excluding hydrogens is 596 g/mol. The van der Waals surface area contributed by atoms with Gasteiger partial charge in [0.1, 0.15) is 17.8 Å². The number of pyridine rings is 1. The van der Waals surface area contributed by atoms with Crippen molar-refractivity contribution in [2.45, 2.75) is 88.8 Å². The first kappa shape index (κ1) is 32.2. The number of anilines is 1. The summed E-state index contributed by atoms with van der Waals surface area (Å²) in [5.74, 6) is -1.86. The van der Waals surface area contributed by atoms with Gasteiger partial charge in [0.15, 0.2) is 0 Å². The normalized spacial score (nSPS) is 29.6. The molecule has 2 aromatic heterocycles. The molecule has 1 aromatic carbocycles. The van der Waals surface area contributed by atoms with E-state index in [2.05, 4.69) is 20.2 Å². The Morgan fingerprint density at radius 3 is 2.53 bits per heavy atom. The van der Waals surface area contributed by atoms with E-state index in [9.17, 15) is 9.00 Å². The second-order valence-corrected chi connectivity index (χ2v) is 14.7. The number of hydrogen-bond acceptors (Lipinski definition) is 7. The minimum absolute atomic E-state index is 0.0255. The minimum Gasteiger partial charge on any atom is -0.380 e. The number of ether oxygens (including phenoxy) is 1. The van der Waals surface area contributed by atoms with Gasteiger partial charge in [-0.25, -0.2) is 18.7 Å². The molecule has 0 amide bonds. The molecule has 1 N–H and O–H groups in total. The molecule has 7 rings (SSSR count). The van der Waals surface area contributed by atoms with E-state index < -0.39 is 22.6 Å². The number of piperidine rings is 1. The highest BCUT2D eigenvalue weighted by Gasteiger charge is 2.43. The van der Waals surface area contributed by atoms with Crippen LogP contribution in [0.2, 0.25) is 0 Å². The van der Waals surface area contributed by atoms with E-state index in [0.717, 1.165) is 43.2 Å². The molecule has 4 aliphatic rings. The van der Waals surface area contributed by atoms with Crippen LogP contribution in [0, 0.1) is 5.92 Å². The molecule has 11 heteroatoms. The maximum Gasteiger partial charge on any atom is 0.276 e. The van der Waals surface area contributed by atoms with Gasteiger partial charge in [-0.3, -0.25) is 13.6 Å². The van der Waals surface area contributed by atoms with Crippen LogP contribution in [0.15, 0.2) is 41.5 Å². The van der Waals surface area contributed by atoms with Gasteiger partial charge in [-0.15, -0.1) is 0 Å². The van der Waals surface area contributed by atoms with Crippen molar-refractivity contribution in [1.82, 2.24) is 19.4 Å². The summed E-state index contributed by atoms with van der Waals surface area (Å²) in [5, 5.41) is 4.20. The summed E-state index contributed by atoms with van der Waals surface area (Å²) in [7, 11) is 0.887. The summed E-state index contributed by atoms with van der Waals surface area (Å²) in [5.41, 5.74) is 2.04. The molecule has 45 heavy (non-hydrogen) atoms. The zero-order valence-corrected chi connectivity index (χ0v) is 27.2. The Morgan fingerprint density at radius 1 is 1.00 bits per heavy atom. The molecular formula is C34H45F2N5O3S. The van der Waals surface area contributed by atoms with Crippen LogP contribution in [-0.4, -0.2) is 68.0 Å². The maximum atomic E-state index is 15.9. The molecule has 244 valence electrons. The van der Waals surface area contributed by atoms with Crippen molar-refractivity contribution in [2.75, 3.05) is 43.6 Å². The zero-order chi connectivity index (χ0) is 31.6. The molecule has 8 bridgehead atoms. The third-order valence-corrected chi connectivity index (χ3v) is 11.5. The summed E-state index contributed by atoms with van der Waals surface area (Å²) < 4.78 is 51.6. The Balaban J connectivity index is 1.39. The lowest BCUT2D eigenvalue weighted by molar-refractivity contribution is -0.0882. The van der Waals surface area contributed by atoms with Crippen LogP contribution in [0.1, 0.15) is 86.9 Å². The van der Waals surface area contributed by atoms with Crippen molar-refractivity contribution >= 4 is 27.7 Å². The molecule has 2 saturated heterocycles. The van der Waals surface area contributed by atoms with Gasteiger partial charge in [-0.05, 0) is 82.2 Å². The van der Waals surface area contributed by atoms with Crippen LogP contribution in [0.3, 0.4) is 0 Å². The fourth-order valence-corrected chi connectivity index (χ4v) is 8.63. The fourth-order valence-electron chi connectivity index (χ4n) is 7.33. The summed E-state index contributed by atoms with van der Waals surface area (Å²) in [6, 6.07) is 8.35. The van der Waals surface area contributed by atoms with Crippen molar-refractivity contribution in [1.29, 1.82) is 0 Å². The minimum atomic E-state index is -2.93. The van der Waals surface area contributed by atoms with Gasteiger partial charge in [0, 0.05) is 65.6 Å². The molecule has 0 saturated carbocycles. The van der Waals surface area contributed by atoms with Crippen molar-refractivity contribution in [3.8, 4) is 0 Å². The molecule has 2 atom stereocenters. The number of methoxy groups -OCH3 is 1. The predicted molar refractivity (Wildman–Crippen MR) is 174 cm³/mol. The zero-order valence-electron chi connectivity index (χ0n) is 26.4. The van der Waals surface area contributed by atoms with E-state index in [1.165, 1.54) is 6.33 Å². The summed E-state index contributed by atoms with van der Waals surface area (Å²) >= 11 is 0. The van der Waals surface area contributed by atoms with E-state index in [-0.39, 0.29) is 29.2 Å². The molecule has 3 aromatic rings. The average molecular weight is 642 g/mol. The lowest BCUT2D eigenvalue weighted by Crippen LogP contribution is -2.43. The molecule has 2 fully saturated rings. The Labute approximate surface area is 266 Å². The largest absolute Gasteiger partial charge is 0.380 e. The average Bonchev–Trinajstić information content (AvgIpc) is 3.05. The number of nitrogens with one attached hydrogen (secondary N) is 1.